The molecule has 4 heteroatoms. The Morgan fingerprint density at radius 3 is 3.00 bits per heavy atom. The maximum absolute atomic E-state index is 9.07. The van der Waals surface area contributed by atoms with Crippen LogP contribution in [0.3, 0.4) is 0 Å². The highest BCUT2D eigenvalue weighted by Gasteiger charge is 2.22. The minimum atomic E-state index is 0.702. The molecule has 0 aliphatic carbocycles. The summed E-state index contributed by atoms with van der Waals surface area (Å²) < 4.78 is 0. The highest BCUT2D eigenvalue weighted by atomic mass is 32.1. The summed E-state index contributed by atoms with van der Waals surface area (Å²) in [4.78, 5) is 3.79. The summed E-state index contributed by atoms with van der Waals surface area (Å²) in [7, 11) is 0. The molecule has 1 aliphatic heterocycles. The third kappa shape index (κ3) is 2.62. The highest BCUT2D eigenvalue weighted by molar-refractivity contribution is 7.16. The molecule has 1 aromatic rings. The molecule has 0 aromatic carbocycles. The van der Waals surface area contributed by atoms with Crippen molar-refractivity contribution in [2.24, 2.45) is 0 Å². The van der Waals surface area contributed by atoms with Crippen LogP contribution < -0.4 is 5.73 Å². The number of nitrogen functional groups attached to an aromatic ring is 1. The summed E-state index contributed by atoms with van der Waals surface area (Å²) in [5, 5.41) is 9.77. The van der Waals surface area contributed by atoms with Gasteiger partial charge in [0.1, 0.15) is 11.1 Å². The molecule has 2 N–H and O–H groups in total. The molecule has 0 radical (unpaired) electrons. The van der Waals surface area contributed by atoms with Crippen LogP contribution >= 0.6 is 11.3 Å². The number of hydrogen-bond acceptors (Lipinski definition) is 4. The second-order valence-electron chi connectivity index (χ2n) is 4.59. The van der Waals surface area contributed by atoms with Gasteiger partial charge in [0.15, 0.2) is 0 Å². The van der Waals surface area contributed by atoms with E-state index in [1.54, 1.807) is 11.3 Å². The van der Waals surface area contributed by atoms with E-state index >= 15 is 0 Å². The zero-order chi connectivity index (χ0) is 12.3. The van der Waals surface area contributed by atoms with Gasteiger partial charge in [-0.05, 0) is 24.9 Å². The van der Waals surface area contributed by atoms with E-state index in [0.29, 0.717) is 5.00 Å². The van der Waals surface area contributed by atoms with Crippen LogP contribution in [0.1, 0.15) is 42.2 Å². The molecule has 1 aliphatic rings. The fraction of sp³-hybridized carbons (Fsp3) is 0.615. The van der Waals surface area contributed by atoms with Gasteiger partial charge in [-0.1, -0.05) is 19.8 Å². The van der Waals surface area contributed by atoms with Crippen LogP contribution in [0.2, 0.25) is 0 Å². The van der Waals surface area contributed by atoms with Gasteiger partial charge in [-0.3, -0.25) is 4.90 Å². The smallest absolute Gasteiger partial charge is 0.104 e. The molecule has 1 aromatic heterocycles. The van der Waals surface area contributed by atoms with E-state index < -0.39 is 0 Å². The molecule has 0 spiro atoms. The first kappa shape index (κ1) is 12.4. The number of anilines is 1. The van der Waals surface area contributed by atoms with Crippen LogP contribution in [-0.2, 0) is 13.0 Å². The first-order chi connectivity index (χ1) is 8.26. The fourth-order valence-electron chi connectivity index (χ4n) is 2.38. The molecule has 0 unspecified atom stereocenters. The Morgan fingerprint density at radius 1 is 1.47 bits per heavy atom. The number of thiophene rings is 1. The number of hydrogen-bond donors (Lipinski definition) is 1. The second-order valence-corrected chi connectivity index (χ2v) is 5.72. The molecule has 3 nitrogen and oxygen atoms in total. The van der Waals surface area contributed by atoms with Crippen molar-refractivity contribution in [1.29, 1.82) is 5.26 Å². The van der Waals surface area contributed by atoms with E-state index in [2.05, 4.69) is 17.9 Å². The number of fused-ring (bicyclic) bond motifs is 1. The second kappa shape index (κ2) is 5.52. The van der Waals surface area contributed by atoms with Gasteiger partial charge in [-0.2, -0.15) is 5.26 Å². The largest absolute Gasteiger partial charge is 0.389 e. The molecule has 2 rings (SSSR count). The van der Waals surface area contributed by atoms with Gasteiger partial charge < -0.3 is 5.73 Å². The maximum Gasteiger partial charge on any atom is 0.104 e. The van der Waals surface area contributed by atoms with Gasteiger partial charge >= 0.3 is 0 Å². The predicted octanol–water partition coefficient (Wildman–Crippen LogP) is 2.75. The van der Waals surface area contributed by atoms with E-state index in [0.717, 1.165) is 25.1 Å². The molecule has 0 saturated heterocycles. The summed E-state index contributed by atoms with van der Waals surface area (Å²) in [5.74, 6) is 0. The first-order valence-corrected chi connectivity index (χ1v) is 7.10. The van der Waals surface area contributed by atoms with Gasteiger partial charge in [0.25, 0.3) is 0 Å². The number of nitrogens with two attached hydrogens (primary N) is 1. The Labute approximate surface area is 107 Å². The van der Waals surface area contributed by atoms with Gasteiger partial charge in [0.05, 0.1) is 5.56 Å². The van der Waals surface area contributed by atoms with Crippen molar-refractivity contribution in [2.45, 2.75) is 39.2 Å². The van der Waals surface area contributed by atoms with E-state index in [-0.39, 0.29) is 0 Å². The van der Waals surface area contributed by atoms with Crippen LogP contribution in [0.25, 0.3) is 0 Å². The van der Waals surface area contributed by atoms with Crippen molar-refractivity contribution < 1.29 is 0 Å². The van der Waals surface area contributed by atoms with E-state index in [1.165, 1.54) is 36.2 Å². The van der Waals surface area contributed by atoms with E-state index in [1.807, 2.05) is 0 Å². The Hall–Kier alpha value is -1.05. The van der Waals surface area contributed by atoms with E-state index in [4.69, 9.17) is 11.0 Å². The molecule has 17 heavy (non-hydrogen) atoms. The van der Waals surface area contributed by atoms with Crippen molar-refractivity contribution >= 4 is 16.3 Å². The van der Waals surface area contributed by atoms with Gasteiger partial charge in [0, 0.05) is 18.0 Å². The van der Waals surface area contributed by atoms with E-state index in [9.17, 15) is 0 Å². The van der Waals surface area contributed by atoms with Crippen molar-refractivity contribution in [2.75, 3.05) is 18.8 Å². The zero-order valence-electron chi connectivity index (χ0n) is 10.3. The number of nitrogens with zero attached hydrogens (tertiary/aromatic N) is 2. The standard InChI is InChI=1S/C13H19N3S/c1-2-3-4-6-16-7-5-10-11(8-14)13(15)17-12(10)9-16/h2-7,9,15H2,1H3. The number of unbranched alkanes of at least 4 members (excludes halogenated alkanes) is 2. The average Bonchev–Trinajstić information content (AvgIpc) is 2.64. The lowest BCUT2D eigenvalue weighted by molar-refractivity contribution is 0.252. The van der Waals surface area contributed by atoms with Crippen molar-refractivity contribution in [1.82, 2.24) is 4.90 Å². The summed E-state index contributed by atoms with van der Waals surface area (Å²) in [6.07, 6.45) is 4.83. The monoisotopic (exact) mass is 249 g/mol. The Balaban J connectivity index is 2.02. The fourth-order valence-corrected chi connectivity index (χ4v) is 3.49. The first-order valence-electron chi connectivity index (χ1n) is 6.28. The van der Waals surface area contributed by atoms with Crippen LogP contribution in [0.15, 0.2) is 0 Å². The Kier molecular flexibility index (Phi) is 4.03. The highest BCUT2D eigenvalue weighted by Crippen LogP contribution is 2.34. The molecule has 0 fully saturated rings. The minimum absolute atomic E-state index is 0.702. The predicted molar refractivity (Wildman–Crippen MR) is 72.0 cm³/mol. The van der Waals surface area contributed by atoms with Crippen LogP contribution in [0.4, 0.5) is 5.00 Å². The lowest BCUT2D eigenvalue weighted by Crippen LogP contribution is -2.30. The van der Waals surface area contributed by atoms with Crippen molar-refractivity contribution in [3.63, 3.8) is 0 Å². The Bertz CT molecular complexity index is 431. The summed E-state index contributed by atoms with van der Waals surface area (Å²) in [6.45, 7) is 5.46. The van der Waals surface area contributed by atoms with Crippen molar-refractivity contribution in [3.8, 4) is 6.07 Å². The molecule has 0 saturated carbocycles. The molecular weight excluding hydrogens is 230 g/mol. The third-order valence-corrected chi connectivity index (χ3v) is 4.40. The molecule has 2 heterocycles. The number of nitriles is 1. The molecule has 0 amide bonds. The average molecular weight is 249 g/mol. The van der Waals surface area contributed by atoms with Crippen molar-refractivity contribution in [3.05, 3.63) is 16.0 Å². The van der Waals surface area contributed by atoms with Crippen LogP contribution in [0.5, 0.6) is 0 Å². The molecule has 0 bridgehead atoms. The Morgan fingerprint density at radius 2 is 2.29 bits per heavy atom. The summed E-state index contributed by atoms with van der Waals surface area (Å²) in [5.41, 5.74) is 7.82. The lowest BCUT2D eigenvalue weighted by Gasteiger charge is -2.26. The molecular formula is C13H19N3S. The summed E-state index contributed by atoms with van der Waals surface area (Å²) >= 11 is 1.60. The van der Waals surface area contributed by atoms with Crippen LogP contribution in [0, 0.1) is 11.3 Å². The molecule has 0 atom stereocenters. The lowest BCUT2D eigenvalue weighted by atomic mass is 10.0. The third-order valence-electron chi connectivity index (χ3n) is 3.35. The van der Waals surface area contributed by atoms with Crippen LogP contribution in [-0.4, -0.2) is 18.0 Å². The quantitative estimate of drug-likeness (QED) is 0.835. The molecule has 92 valence electrons. The zero-order valence-corrected chi connectivity index (χ0v) is 11.1. The normalized spacial score (nSPS) is 15.5. The van der Waals surface area contributed by atoms with Gasteiger partial charge in [-0.15, -0.1) is 11.3 Å². The maximum atomic E-state index is 9.07. The number of rotatable bonds is 4. The minimum Gasteiger partial charge on any atom is -0.389 e. The SMILES string of the molecule is CCCCCN1CCc2c(sc(N)c2C#N)C1. The van der Waals surface area contributed by atoms with Gasteiger partial charge in [-0.25, -0.2) is 0 Å². The summed E-state index contributed by atoms with van der Waals surface area (Å²) in [6, 6.07) is 2.24. The van der Waals surface area contributed by atoms with Gasteiger partial charge in [0.2, 0.25) is 0 Å². The topological polar surface area (TPSA) is 53.0 Å².